The van der Waals surface area contributed by atoms with E-state index in [1.54, 1.807) is 37.3 Å². The Bertz CT molecular complexity index is 673. The molecule has 2 aromatic rings. The van der Waals surface area contributed by atoms with Crippen molar-refractivity contribution >= 4 is 23.3 Å². The largest absolute Gasteiger partial charge is 0.478 e. The van der Waals surface area contributed by atoms with Crippen molar-refractivity contribution in [2.75, 3.05) is 10.6 Å². The zero-order valence-electron chi connectivity index (χ0n) is 12.9. The maximum absolute atomic E-state index is 11.2. The van der Waals surface area contributed by atoms with E-state index < -0.39 is 5.97 Å². The van der Waals surface area contributed by atoms with Crippen LogP contribution >= 0.6 is 0 Å². The average molecular weight is 300 g/mol. The second-order valence-corrected chi connectivity index (χ2v) is 5.12. The summed E-state index contributed by atoms with van der Waals surface area (Å²) in [5, 5.41) is 15.6. The number of carboxylic acid groups (broad SMARTS) is 1. The number of nitrogens with one attached hydrogen (secondary N) is 2. The zero-order valence-corrected chi connectivity index (χ0v) is 12.9. The molecule has 0 spiro atoms. The molecule has 3 N–H and O–H groups in total. The number of benzene rings is 1. The molecule has 0 amide bonds. The third kappa shape index (κ3) is 3.94. The van der Waals surface area contributed by atoms with Gasteiger partial charge in [0, 0.05) is 12.1 Å². The van der Waals surface area contributed by atoms with Crippen molar-refractivity contribution in [2.24, 2.45) is 0 Å². The Morgan fingerprint density at radius 2 is 1.95 bits per heavy atom. The normalized spacial score (nSPS) is 11.8. The lowest BCUT2D eigenvalue weighted by Gasteiger charge is -2.14. The molecule has 0 radical (unpaired) electrons. The lowest BCUT2D eigenvalue weighted by Crippen LogP contribution is -2.15. The number of hydrogen-bond donors (Lipinski definition) is 3. The van der Waals surface area contributed by atoms with Crippen molar-refractivity contribution < 1.29 is 9.90 Å². The fourth-order valence-corrected chi connectivity index (χ4v) is 1.98. The monoisotopic (exact) mass is 300 g/mol. The van der Waals surface area contributed by atoms with Gasteiger partial charge in [0.2, 0.25) is 0 Å². The molecule has 1 heterocycles. The minimum atomic E-state index is -0.980. The van der Waals surface area contributed by atoms with Crippen LogP contribution in [-0.2, 0) is 0 Å². The molecule has 1 aromatic carbocycles. The summed E-state index contributed by atoms with van der Waals surface area (Å²) in [7, 11) is 0. The lowest BCUT2D eigenvalue weighted by molar-refractivity contribution is 0.0698. The maximum Gasteiger partial charge on any atom is 0.337 e. The predicted octanol–water partition coefficient (Wildman–Crippen LogP) is 3.44. The summed E-state index contributed by atoms with van der Waals surface area (Å²) in [6.45, 7) is 5.97. The Labute approximate surface area is 129 Å². The van der Waals surface area contributed by atoms with E-state index in [4.69, 9.17) is 0 Å². The molecule has 116 valence electrons. The highest BCUT2D eigenvalue weighted by Gasteiger charge is 2.11. The summed E-state index contributed by atoms with van der Waals surface area (Å²) >= 11 is 0. The fourth-order valence-electron chi connectivity index (χ4n) is 1.98. The number of hydrogen-bond acceptors (Lipinski definition) is 5. The number of carboxylic acids is 1. The molecule has 1 aromatic heterocycles. The van der Waals surface area contributed by atoms with Crippen LogP contribution in [0, 0.1) is 6.92 Å². The molecular formula is C16H20N4O2. The fraction of sp³-hybridized carbons (Fsp3) is 0.312. The number of para-hydroxylation sites is 1. The molecule has 0 fully saturated rings. The smallest absolute Gasteiger partial charge is 0.337 e. The first-order valence-corrected chi connectivity index (χ1v) is 7.21. The number of carbonyl (C=O) groups is 1. The average Bonchev–Trinajstić information content (AvgIpc) is 2.46. The van der Waals surface area contributed by atoms with Crippen molar-refractivity contribution in [3.05, 3.63) is 41.7 Å². The molecule has 0 aliphatic carbocycles. The van der Waals surface area contributed by atoms with Crippen LogP contribution in [0.3, 0.4) is 0 Å². The van der Waals surface area contributed by atoms with Gasteiger partial charge in [0.05, 0.1) is 11.3 Å². The van der Waals surface area contributed by atoms with Crippen LogP contribution in [0.25, 0.3) is 0 Å². The molecule has 1 atom stereocenters. The molecule has 2 rings (SSSR count). The molecule has 6 heteroatoms. The topological polar surface area (TPSA) is 87.1 Å². The predicted molar refractivity (Wildman–Crippen MR) is 86.8 cm³/mol. The zero-order chi connectivity index (χ0) is 16.1. The minimum absolute atomic E-state index is 0.204. The number of aromatic carboxylic acids is 1. The summed E-state index contributed by atoms with van der Waals surface area (Å²) in [6, 6.07) is 8.81. The van der Waals surface area contributed by atoms with Gasteiger partial charge < -0.3 is 15.7 Å². The SMILES string of the molecule is CCC(C)Nc1cc(Nc2ccccc2C(=O)O)nc(C)n1. The highest BCUT2D eigenvalue weighted by atomic mass is 16.4. The van der Waals surface area contributed by atoms with E-state index in [-0.39, 0.29) is 5.56 Å². The number of aromatic nitrogens is 2. The van der Waals surface area contributed by atoms with Gasteiger partial charge in [-0.25, -0.2) is 14.8 Å². The molecule has 6 nitrogen and oxygen atoms in total. The molecule has 0 aliphatic rings. The third-order valence-corrected chi connectivity index (χ3v) is 3.26. The van der Waals surface area contributed by atoms with Crippen molar-refractivity contribution in [3.63, 3.8) is 0 Å². The Kier molecular flexibility index (Phi) is 4.93. The second-order valence-electron chi connectivity index (χ2n) is 5.12. The lowest BCUT2D eigenvalue weighted by atomic mass is 10.2. The van der Waals surface area contributed by atoms with Crippen LogP contribution in [0.4, 0.5) is 17.3 Å². The maximum atomic E-state index is 11.2. The van der Waals surface area contributed by atoms with E-state index in [0.29, 0.717) is 23.4 Å². The van der Waals surface area contributed by atoms with Gasteiger partial charge >= 0.3 is 5.97 Å². The van der Waals surface area contributed by atoms with Crippen molar-refractivity contribution in [1.82, 2.24) is 9.97 Å². The van der Waals surface area contributed by atoms with Gasteiger partial charge in [-0.2, -0.15) is 0 Å². The number of nitrogens with zero attached hydrogens (tertiary/aromatic N) is 2. The summed E-state index contributed by atoms with van der Waals surface area (Å²) in [4.78, 5) is 19.9. The second kappa shape index (κ2) is 6.89. The van der Waals surface area contributed by atoms with Crippen LogP contribution in [0.15, 0.2) is 30.3 Å². The van der Waals surface area contributed by atoms with Gasteiger partial charge in [-0.1, -0.05) is 19.1 Å². The first-order chi connectivity index (χ1) is 10.5. The van der Waals surface area contributed by atoms with Crippen LogP contribution in [-0.4, -0.2) is 27.1 Å². The van der Waals surface area contributed by atoms with Crippen molar-refractivity contribution in [1.29, 1.82) is 0 Å². The molecule has 0 bridgehead atoms. The van der Waals surface area contributed by atoms with Crippen molar-refractivity contribution in [2.45, 2.75) is 33.2 Å². The summed E-state index contributed by atoms with van der Waals surface area (Å²) in [5.74, 6) is 0.916. The van der Waals surface area contributed by atoms with Gasteiger partial charge in [0.1, 0.15) is 17.5 Å². The van der Waals surface area contributed by atoms with Gasteiger partial charge in [0.15, 0.2) is 0 Å². The van der Waals surface area contributed by atoms with E-state index in [9.17, 15) is 9.90 Å². The summed E-state index contributed by atoms with van der Waals surface area (Å²) < 4.78 is 0. The van der Waals surface area contributed by atoms with E-state index >= 15 is 0 Å². The molecule has 0 saturated heterocycles. The summed E-state index contributed by atoms with van der Waals surface area (Å²) in [6.07, 6.45) is 0.980. The minimum Gasteiger partial charge on any atom is -0.478 e. The van der Waals surface area contributed by atoms with E-state index in [1.807, 2.05) is 0 Å². The molecule has 22 heavy (non-hydrogen) atoms. The number of aryl methyl sites for hydroxylation is 1. The first kappa shape index (κ1) is 15.8. The Hall–Kier alpha value is -2.63. The van der Waals surface area contributed by atoms with Crippen LogP contribution in [0.5, 0.6) is 0 Å². The molecule has 0 aliphatic heterocycles. The highest BCUT2D eigenvalue weighted by Crippen LogP contribution is 2.21. The van der Waals surface area contributed by atoms with Gasteiger partial charge in [-0.3, -0.25) is 0 Å². The standard InChI is InChI=1S/C16H20N4O2/c1-4-10(2)17-14-9-15(19-11(3)18-14)20-13-8-6-5-7-12(13)16(21)22/h5-10H,4H2,1-3H3,(H,21,22)(H2,17,18,19,20). The van der Waals surface area contributed by atoms with Gasteiger partial charge in [-0.15, -0.1) is 0 Å². The van der Waals surface area contributed by atoms with Crippen molar-refractivity contribution in [3.8, 4) is 0 Å². The van der Waals surface area contributed by atoms with E-state index in [1.165, 1.54) is 0 Å². The van der Waals surface area contributed by atoms with E-state index in [2.05, 4.69) is 34.4 Å². The highest BCUT2D eigenvalue weighted by molar-refractivity contribution is 5.95. The van der Waals surface area contributed by atoms with Crippen LogP contribution in [0.1, 0.15) is 36.5 Å². The number of anilines is 3. The Balaban J connectivity index is 2.28. The third-order valence-electron chi connectivity index (χ3n) is 3.26. The van der Waals surface area contributed by atoms with Gasteiger partial charge in [0.25, 0.3) is 0 Å². The molecule has 0 saturated carbocycles. The Morgan fingerprint density at radius 3 is 2.64 bits per heavy atom. The summed E-state index contributed by atoms with van der Waals surface area (Å²) in [5.41, 5.74) is 0.706. The van der Waals surface area contributed by atoms with Crippen LogP contribution < -0.4 is 10.6 Å². The molecular weight excluding hydrogens is 280 g/mol. The Morgan fingerprint density at radius 1 is 1.27 bits per heavy atom. The molecule has 1 unspecified atom stereocenters. The van der Waals surface area contributed by atoms with E-state index in [0.717, 1.165) is 12.2 Å². The number of rotatable bonds is 6. The quantitative estimate of drug-likeness (QED) is 0.757. The van der Waals surface area contributed by atoms with Crippen LogP contribution in [0.2, 0.25) is 0 Å². The first-order valence-electron chi connectivity index (χ1n) is 7.21. The van der Waals surface area contributed by atoms with Gasteiger partial charge in [-0.05, 0) is 32.4 Å².